The zero-order valence-electron chi connectivity index (χ0n) is 12.5. The summed E-state index contributed by atoms with van der Waals surface area (Å²) in [6.45, 7) is 7.25. The van der Waals surface area contributed by atoms with Crippen LogP contribution in [0.3, 0.4) is 0 Å². The predicted octanol–water partition coefficient (Wildman–Crippen LogP) is 4.37. The monoisotopic (exact) mass is 315 g/mol. The molecule has 0 rings (SSSR count). The van der Waals surface area contributed by atoms with Gasteiger partial charge < -0.3 is 10.1 Å². The maximum atomic E-state index is 12.0. The number of ether oxygens (including phenoxy) is 1. The Balaban J connectivity index is 4.07. The molecular formula is C13H24F3NO2S. The smallest absolute Gasteiger partial charge is 0.407 e. The Bertz CT molecular complexity index is 290. The third kappa shape index (κ3) is 12.4. The van der Waals surface area contributed by atoms with E-state index in [9.17, 15) is 18.0 Å². The van der Waals surface area contributed by atoms with Gasteiger partial charge in [-0.15, -0.1) is 0 Å². The molecule has 1 amide bonds. The van der Waals surface area contributed by atoms with Crippen molar-refractivity contribution in [2.24, 2.45) is 0 Å². The largest absolute Gasteiger partial charge is 0.444 e. The highest BCUT2D eigenvalue weighted by Crippen LogP contribution is 2.22. The summed E-state index contributed by atoms with van der Waals surface area (Å²) < 4.78 is 41.2. The zero-order chi connectivity index (χ0) is 15.8. The van der Waals surface area contributed by atoms with Crippen molar-refractivity contribution in [3.05, 3.63) is 0 Å². The molecule has 0 radical (unpaired) electrons. The highest BCUT2D eigenvalue weighted by atomic mass is 32.2. The van der Waals surface area contributed by atoms with E-state index in [0.29, 0.717) is 5.75 Å². The lowest BCUT2D eigenvalue weighted by atomic mass is 10.2. The van der Waals surface area contributed by atoms with Gasteiger partial charge in [-0.1, -0.05) is 13.3 Å². The molecule has 0 aromatic carbocycles. The quantitative estimate of drug-likeness (QED) is 0.709. The minimum atomic E-state index is -4.12. The van der Waals surface area contributed by atoms with E-state index < -0.39 is 24.3 Å². The summed E-state index contributed by atoms with van der Waals surface area (Å²) in [6.07, 6.45) is -3.87. The molecule has 0 heterocycles. The highest BCUT2D eigenvalue weighted by molar-refractivity contribution is 7.99. The summed E-state index contributed by atoms with van der Waals surface area (Å²) in [4.78, 5) is 11.6. The number of thioether (sulfide) groups is 1. The lowest BCUT2D eigenvalue weighted by Crippen LogP contribution is -2.40. The summed E-state index contributed by atoms with van der Waals surface area (Å²) in [7, 11) is 0. The normalized spacial score (nSPS) is 13.9. The molecule has 3 nitrogen and oxygen atoms in total. The van der Waals surface area contributed by atoms with Gasteiger partial charge in [0, 0.05) is 17.5 Å². The third-order valence-electron chi connectivity index (χ3n) is 2.21. The fourth-order valence-corrected chi connectivity index (χ4v) is 2.51. The van der Waals surface area contributed by atoms with E-state index in [1.165, 1.54) is 11.8 Å². The molecule has 120 valence electrons. The standard InChI is InChI=1S/C13H24F3NO2S/c1-5-6-10(9-20-8-7-13(14,15)16)17-11(18)19-12(2,3)4/h10H,5-9H2,1-4H3,(H,17,18)/t10-/m1/s1. The van der Waals surface area contributed by atoms with E-state index in [1.54, 1.807) is 20.8 Å². The van der Waals surface area contributed by atoms with E-state index in [1.807, 2.05) is 6.92 Å². The molecule has 1 atom stereocenters. The van der Waals surface area contributed by atoms with Gasteiger partial charge in [0.25, 0.3) is 0 Å². The molecule has 0 saturated heterocycles. The number of carbonyl (C=O) groups excluding carboxylic acids is 1. The number of carbonyl (C=O) groups is 1. The number of hydrogen-bond donors (Lipinski definition) is 1. The summed E-state index contributed by atoms with van der Waals surface area (Å²) in [5, 5.41) is 2.71. The van der Waals surface area contributed by atoms with Crippen LogP contribution < -0.4 is 5.32 Å². The van der Waals surface area contributed by atoms with Gasteiger partial charge in [0.2, 0.25) is 0 Å². The Kier molecular flexibility index (Phi) is 8.39. The summed E-state index contributed by atoms with van der Waals surface area (Å²) in [6, 6.07) is -0.159. The minimum Gasteiger partial charge on any atom is -0.444 e. The molecule has 0 aliphatic carbocycles. The second-order valence-electron chi connectivity index (χ2n) is 5.57. The molecule has 0 aromatic rings. The first-order valence-electron chi connectivity index (χ1n) is 6.67. The number of alkyl halides is 3. The molecule has 0 spiro atoms. The van der Waals surface area contributed by atoms with Crippen molar-refractivity contribution in [1.29, 1.82) is 0 Å². The van der Waals surface area contributed by atoms with Crippen LogP contribution in [0, 0.1) is 0 Å². The van der Waals surface area contributed by atoms with Crippen LogP contribution >= 0.6 is 11.8 Å². The van der Waals surface area contributed by atoms with Crippen molar-refractivity contribution in [2.45, 2.75) is 64.8 Å². The van der Waals surface area contributed by atoms with Crippen LogP contribution in [0.1, 0.15) is 47.0 Å². The topological polar surface area (TPSA) is 38.3 Å². The number of hydrogen-bond acceptors (Lipinski definition) is 3. The van der Waals surface area contributed by atoms with Crippen LogP contribution in [0.15, 0.2) is 0 Å². The lowest BCUT2D eigenvalue weighted by molar-refractivity contribution is -0.129. The molecule has 0 saturated carbocycles. The van der Waals surface area contributed by atoms with E-state index >= 15 is 0 Å². The van der Waals surface area contributed by atoms with Crippen LogP contribution in [0.4, 0.5) is 18.0 Å². The van der Waals surface area contributed by atoms with E-state index in [-0.39, 0.29) is 11.8 Å². The first-order valence-corrected chi connectivity index (χ1v) is 7.83. The maximum Gasteiger partial charge on any atom is 0.407 e. The van der Waals surface area contributed by atoms with Crippen molar-refractivity contribution in [1.82, 2.24) is 5.32 Å². The van der Waals surface area contributed by atoms with Gasteiger partial charge in [0.15, 0.2) is 0 Å². The van der Waals surface area contributed by atoms with Crippen molar-refractivity contribution in [3.8, 4) is 0 Å². The molecule has 0 bridgehead atoms. The second kappa shape index (κ2) is 8.64. The molecule has 0 aliphatic rings. The molecule has 0 unspecified atom stereocenters. The van der Waals surface area contributed by atoms with Gasteiger partial charge in [-0.3, -0.25) is 0 Å². The SMILES string of the molecule is CCC[C@H](CSCCC(F)(F)F)NC(=O)OC(C)(C)C. The molecule has 0 fully saturated rings. The van der Waals surface area contributed by atoms with Gasteiger partial charge in [-0.2, -0.15) is 24.9 Å². The molecule has 20 heavy (non-hydrogen) atoms. The van der Waals surface area contributed by atoms with Crippen molar-refractivity contribution < 1.29 is 22.7 Å². The van der Waals surface area contributed by atoms with Crippen LogP contribution in [-0.2, 0) is 4.74 Å². The maximum absolute atomic E-state index is 12.0. The Hall–Kier alpha value is -0.590. The van der Waals surface area contributed by atoms with Crippen molar-refractivity contribution >= 4 is 17.9 Å². The molecular weight excluding hydrogens is 291 g/mol. The van der Waals surface area contributed by atoms with Crippen LogP contribution in [-0.4, -0.2) is 35.4 Å². The average molecular weight is 315 g/mol. The fourth-order valence-electron chi connectivity index (χ4n) is 1.43. The molecule has 0 aliphatic heterocycles. The van der Waals surface area contributed by atoms with Crippen molar-refractivity contribution in [3.63, 3.8) is 0 Å². The van der Waals surface area contributed by atoms with E-state index in [2.05, 4.69) is 5.32 Å². The Morgan fingerprint density at radius 3 is 2.35 bits per heavy atom. The first kappa shape index (κ1) is 19.4. The summed E-state index contributed by atoms with van der Waals surface area (Å²) >= 11 is 1.20. The van der Waals surface area contributed by atoms with Gasteiger partial charge >= 0.3 is 12.3 Å². The van der Waals surface area contributed by atoms with Crippen LogP contribution in [0.2, 0.25) is 0 Å². The number of nitrogens with one attached hydrogen (secondary N) is 1. The molecule has 0 aromatic heterocycles. The number of amides is 1. The number of alkyl carbamates (subject to hydrolysis) is 1. The number of rotatable bonds is 7. The Morgan fingerprint density at radius 1 is 1.30 bits per heavy atom. The third-order valence-corrected chi connectivity index (χ3v) is 3.34. The molecule has 1 N–H and O–H groups in total. The van der Waals surface area contributed by atoms with Gasteiger partial charge in [-0.25, -0.2) is 4.79 Å². The Labute approximate surface area is 123 Å². The first-order chi connectivity index (χ1) is 9.03. The predicted molar refractivity (Wildman–Crippen MR) is 76.1 cm³/mol. The minimum absolute atomic E-state index is 0.0136. The van der Waals surface area contributed by atoms with Crippen LogP contribution in [0.5, 0.6) is 0 Å². The zero-order valence-corrected chi connectivity index (χ0v) is 13.3. The van der Waals surface area contributed by atoms with E-state index in [4.69, 9.17) is 4.74 Å². The van der Waals surface area contributed by atoms with E-state index in [0.717, 1.165) is 12.8 Å². The van der Waals surface area contributed by atoms with Crippen LogP contribution in [0.25, 0.3) is 0 Å². The number of halogens is 3. The average Bonchev–Trinajstić information content (AvgIpc) is 2.20. The van der Waals surface area contributed by atoms with Gasteiger partial charge in [-0.05, 0) is 27.2 Å². The summed E-state index contributed by atoms with van der Waals surface area (Å²) in [5.74, 6) is 0.475. The molecule has 7 heteroatoms. The second-order valence-corrected chi connectivity index (χ2v) is 6.72. The van der Waals surface area contributed by atoms with Crippen molar-refractivity contribution in [2.75, 3.05) is 11.5 Å². The highest BCUT2D eigenvalue weighted by Gasteiger charge is 2.26. The Morgan fingerprint density at radius 2 is 1.90 bits per heavy atom. The van der Waals surface area contributed by atoms with Gasteiger partial charge in [0.05, 0.1) is 6.42 Å². The fraction of sp³-hybridized carbons (Fsp3) is 0.923. The van der Waals surface area contributed by atoms with Gasteiger partial charge in [0.1, 0.15) is 5.60 Å². The lowest BCUT2D eigenvalue weighted by Gasteiger charge is -2.23. The summed E-state index contributed by atoms with van der Waals surface area (Å²) in [5.41, 5.74) is -0.579.